The van der Waals surface area contributed by atoms with Gasteiger partial charge in [-0.05, 0) is 61.4 Å². The van der Waals surface area contributed by atoms with Crippen molar-refractivity contribution in [3.05, 3.63) is 102 Å². The SMILES string of the molecule is Cc1cc(NS(=O)(=O)c2cccc3c4nc5nc(nc6[nH]c(nc7nc(nc([nH]4)c23)-c2cccc(C)c2-7)c2cccc(S(=O)(=O)O)c62)-c2cccc(S(=O)(=O)O)c2-5)ccc1S(=O)(=O)O.[Cu]. The smallest absolute Gasteiger partial charge is 0.295 e. The molecule has 0 amide bonds. The first-order valence-corrected chi connectivity index (χ1v) is 24.4. The van der Waals surface area contributed by atoms with Crippen molar-refractivity contribution in [2.24, 2.45) is 0 Å². The van der Waals surface area contributed by atoms with Crippen LogP contribution in [0.15, 0.2) is 111 Å². The van der Waals surface area contributed by atoms with Crippen LogP contribution in [0.1, 0.15) is 11.1 Å². The Morgan fingerprint density at radius 2 is 0.923 bits per heavy atom. The van der Waals surface area contributed by atoms with Crippen LogP contribution in [0.5, 0.6) is 0 Å². The molecule has 2 aliphatic heterocycles. The van der Waals surface area contributed by atoms with E-state index in [2.05, 4.69) is 24.7 Å². The Labute approximate surface area is 378 Å². The van der Waals surface area contributed by atoms with E-state index >= 15 is 0 Å². The van der Waals surface area contributed by atoms with Crippen molar-refractivity contribution in [1.29, 1.82) is 0 Å². The van der Waals surface area contributed by atoms with Crippen molar-refractivity contribution in [3.63, 3.8) is 0 Å². The van der Waals surface area contributed by atoms with Crippen molar-refractivity contribution < 1.29 is 64.4 Å². The molecule has 5 aromatic carbocycles. The minimum absolute atomic E-state index is 0. The quantitative estimate of drug-likeness (QED) is 0.0818. The number of aryl methyl sites for hydroxylation is 2. The van der Waals surface area contributed by atoms with Gasteiger partial charge in [0.2, 0.25) is 0 Å². The summed E-state index contributed by atoms with van der Waals surface area (Å²) in [7, 11) is -19.0. The number of fused-ring (bicyclic) bond motifs is 20. The Kier molecular flexibility index (Phi) is 10.1. The zero-order chi connectivity index (χ0) is 45.2. The Morgan fingerprint density at radius 1 is 0.462 bits per heavy atom. The van der Waals surface area contributed by atoms with Crippen molar-refractivity contribution >= 4 is 90.2 Å². The van der Waals surface area contributed by atoms with Crippen LogP contribution in [-0.2, 0) is 57.4 Å². The maximum Gasteiger partial charge on any atom is 0.295 e. The Hall–Kier alpha value is -6.54. The van der Waals surface area contributed by atoms with Crippen molar-refractivity contribution in [1.82, 2.24) is 39.9 Å². The third-order valence-electron chi connectivity index (χ3n) is 10.6. The number of hydrogen-bond donors (Lipinski definition) is 6. The van der Waals surface area contributed by atoms with Gasteiger partial charge in [0.1, 0.15) is 32.4 Å². The van der Waals surface area contributed by atoms with Crippen LogP contribution in [0.25, 0.3) is 89.7 Å². The van der Waals surface area contributed by atoms with Gasteiger partial charge < -0.3 is 9.97 Å². The molecule has 1 radical (unpaired) electrons. The van der Waals surface area contributed by atoms with Gasteiger partial charge in [-0.15, -0.1) is 0 Å². The maximum atomic E-state index is 14.4. The number of nitrogens with zero attached hydrogens (tertiary/aromatic N) is 6. The first-order chi connectivity index (χ1) is 30.2. The third-order valence-corrected chi connectivity index (χ3v) is 14.8. The Bertz CT molecular complexity index is 4090. The van der Waals surface area contributed by atoms with Gasteiger partial charge in [-0.3, -0.25) is 18.4 Å². The summed E-state index contributed by atoms with van der Waals surface area (Å²) in [5.41, 5.74) is 1.28. The van der Waals surface area contributed by atoms with E-state index in [1.165, 1.54) is 61.5 Å². The topological polar surface area (TPSA) is 318 Å². The second-order valence-corrected chi connectivity index (χ2v) is 20.5. The van der Waals surface area contributed by atoms with Crippen LogP contribution in [0.3, 0.4) is 0 Å². The number of aromatic nitrogens is 8. The molecular weight excluding hydrogens is 974 g/mol. The van der Waals surface area contributed by atoms with E-state index in [-0.39, 0.29) is 112 Å². The number of benzene rings is 5. The minimum atomic E-state index is -4.97. The largest absolute Gasteiger partial charge is 0.324 e. The molecule has 0 fully saturated rings. The fourth-order valence-corrected chi connectivity index (χ4v) is 11.3. The van der Waals surface area contributed by atoms with Crippen molar-refractivity contribution in [2.45, 2.75) is 33.4 Å². The van der Waals surface area contributed by atoms with E-state index < -0.39 is 55.1 Å². The molecule has 0 saturated heterocycles. The van der Waals surface area contributed by atoms with Gasteiger partial charge in [0, 0.05) is 61.0 Å². The predicted molar refractivity (Wildman–Crippen MR) is 232 cm³/mol. The van der Waals surface area contributed by atoms with E-state index in [9.17, 15) is 47.3 Å². The van der Waals surface area contributed by atoms with Gasteiger partial charge in [-0.1, -0.05) is 54.6 Å². The number of anilines is 1. The third kappa shape index (κ3) is 7.31. The predicted octanol–water partition coefficient (Wildman–Crippen LogP) is 6.02. The summed E-state index contributed by atoms with van der Waals surface area (Å²) in [5, 5.41) is 0.222. The normalized spacial score (nSPS) is 12.8. The molecule has 2 aliphatic rings. The summed E-state index contributed by atoms with van der Waals surface area (Å²) in [4.78, 5) is 32.6. The van der Waals surface area contributed by atoms with E-state index in [4.69, 9.17) is 19.9 Å². The summed E-state index contributed by atoms with van der Waals surface area (Å²) in [5.74, 6) is -0.357. The Balaban J connectivity index is 0.00000533. The van der Waals surface area contributed by atoms with Gasteiger partial charge in [-0.2, -0.15) is 25.3 Å². The van der Waals surface area contributed by atoms with E-state index in [1.807, 2.05) is 13.0 Å². The molecule has 0 saturated carbocycles. The molecule has 8 bridgehead atoms. The van der Waals surface area contributed by atoms with Crippen LogP contribution >= 0.6 is 0 Å². The fourth-order valence-electron chi connectivity index (χ4n) is 7.93. The standard InChI is InChI=1S/C40H27N9O11S4.Cu/c1-18-7-3-8-21-29(18)37-41-33(21)43-38-30-22(9-4-12-26(30)61(50,51)49-20-15-16-25(19(2)17-20)62(52,53)54)34(44-38)45-39-32-24(11-6-14-28(32)64(58,59)60)36(47-39)48-40-31-23(35(42-37)46-40)10-5-13-27(31)63(55,56)57;/h3-17,49H,1-2H3,(H,52,53,54)(H,55,56,57)(H,58,59,60)(H2,41,42,43,44,45,46,47,48);. The maximum absolute atomic E-state index is 14.4. The zero-order valence-electron chi connectivity index (χ0n) is 32.9. The average Bonchev–Trinajstić information content (AvgIpc) is 3.95. The molecule has 0 atom stereocenters. The first-order valence-electron chi connectivity index (χ1n) is 18.5. The summed E-state index contributed by atoms with van der Waals surface area (Å²) >= 11 is 0. The van der Waals surface area contributed by atoms with Crippen LogP contribution in [-0.4, -0.2) is 87.2 Å². The molecule has 25 heteroatoms. The minimum Gasteiger partial charge on any atom is -0.324 e. The molecule has 8 aromatic rings. The molecule has 20 nitrogen and oxygen atoms in total. The number of nitrogens with one attached hydrogen (secondary N) is 3. The van der Waals surface area contributed by atoms with Gasteiger partial charge in [0.15, 0.2) is 23.3 Å². The monoisotopic (exact) mass is 1000 g/mol. The molecule has 5 heterocycles. The number of rotatable bonds is 6. The number of sulfonamides is 1. The van der Waals surface area contributed by atoms with Gasteiger partial charge in [0.05, 0.1) is 15.4 Å². The van der Waals surface area contributed by atoms with Crippen LogP contribution < -0.4 is 4.72 Å². The summed E-state index contributed by atoms with van der Waals surface area (Å²) < 4.78 is 137. The molecule has 65 heavy (non-hydrogen) atoms. The molecule has 10 rings (SSSR count). The first kappa shape index (κ1) is 43.7. The fraction of sp³-hybridized carbons (Fsp3) is 0.0500. The summed E-state index contributed by atoms with van der Waals surface area (Å²) in [6.07, 6.45) is 0. The van der Waals surface area contributed by atoms with Gasteiger partial charge in [0.25, 0.3) is 40.4 Å². The zero-order valence-corrected chi connectivity index (χ0v) is 37.1. The molecule has 6 N–H and O–H groups in total. The van der Waals surface area contributed by atoms with Gasteiger partial charge in [-0.25, -0.2) is 38.3 Å². The van der Waals surface area contributed by atoms with Crippen LogP contribution in [0.4, 0.5) is 5.69 Å². The second-order valence-electron chi connectivity index (χ2n) is 14.7. The van der Waals surface area contributed by atoms with E-state index in [0.29, 0.717) is 16.7 Å². The van der Waals surface area contributed by atoms with Gasteiger partial charge >= 0.3 is 0 Å². The van der Waals surface area contributed by atoms with E-state index in [0.717, 1.165) is 18.2 Å². The molecule has 0 spiro atoms. The number of hydrogen-bond acceptors (Lipinski definition) is 14. The molecule has 333 valence electrons. The molecule has 3 aromatic heterocycles. The Morgan fingerprint density at radius 3 is 1.48 bits per heavy atom. The number of H-pyrrole nitrogens is 2. The van der Waals surface area contributed by atoms with Crippen molar-refractivity contribution in [2.75, 3.05) is 4.72 Å². The average molecular weight is 1000 g/mol. The molecule has 0 unspecified atom stereocenters. The second kappa shape index (κ2) is 15.0. The summed E-state index contributed by atoms with van der Waals surface area (Å²) in [6.45, 7) is 3.19. The van der Waals surface area contributed by atoms with Crippen LogP contribution in [0.2, 0.25) is 0 Å². The number of aromatic amines is 2. The van der Waals surface area contributed by atoms with E-state index in [1.54, 1.807) is 12.1 Å². The molecule has 0 aliphatic carbocycles. The molecular formula is C40H27CuN9O11S4. The van der Waals surface area contributed by atoms with Crippen molar-refractivity contribution in [3.8, 4) is 45.6 Å². The summed E-state index contributed by atoms with van der Waals surface area (Å²) in [6, 6.07) is 20.9. The van der Waals surface area contributed by atoms with Crippen LogP contribution in [0, 0.1) is 13.8 Å².